The van der Waals surface area contributed by atoms with Crippen LogP contribution in [0.25, 0.3) is 0 Å². The van der Waals surface area contributed by atoms with Crippen LogP contribution in [0.1, 0.15) is 59.3 Å². The first kappa shape index (κ1) is 15.8. The van der Waals surface area contributed by atoms with Gasteiger partial charge in [0.15, 0.2) is 0 Å². The summed E-state index contributed by atoms with van der Waals surface area (Å²) in [6.07, 6.45) is 5.05. The molecule has 0 aromatic rings. The molecular formula is C13H26F2O. The van der Waals surface area contributed by atoms with Crippen molar-refractivity contribution < 1.29 is 13.5 Å². The Bertz CT molecular complexity index is 171. The Morgan fingerprint density at radius 3 is 2.12 bits per heavy atom. The van der Waals surface area contributed by atoms with Gasteiger partial charge in [-0.25, -0.2) is 8.78 Å². The molecule has 0 aliphatic heterocycles. The maximum atomic E-state index is 12.6. The molecule has 1 saturated carbocycles. The van der Waals surface area contributed by atoms with Crippen molar-refractivity contribution in [1.82, 2.24) is 0 Å². The van der Waals surface area contributed by atoms with Crippen molar-refractivity contribution in [2.75, 3.05) is 13.7 Å². The van der Waals surface area contributed by atoms with Crippen molar-refractivity contribution >= 4 is 0 Å². The summed E-state index contributed by atoms with van der Waals surface area (Å²) < 4.78 is 30.3. The summed E-state index contributed by atoms with van der Waals surface area (Å²) in [7, 11) is 1.69. The van der Waals surface area contributed by atoms with Gasteiger partial charge in [-0.2, -0.15) is 0 Å². The molecular weight excluding hydrogens is 210 g/mol. The molecule has 1 aliphatic carbocycles. The molecule has 0 aromatic carbocycles. The number of ether oxygens (including phenoxy) is 1. The van der Waals surface area contributed by atoms with Crippen LogP contribution >= 0.6 is 0 Å². The van der Waals surface area contributed by atoms with Gasteiger partial charge in [-0.1, -0.05) is 20.3 Å². The van der Waals surface area contributed by atoms with Gasteiger partial charge < -0.3 is 4.74 Å². The van der Waals surface area contributed by atoms with Crippen LogP contribution in [0.2, 0.25) is 0 Å². The molecule has 1 fully saturated rings. The van der Waals surface area contributed by atoms with Crippen molar-refractivity contribution in [2.24, 2.45) is 5.41 Å². The molecule has 98 valence electrons. The second-order valence-corrected chi connectivity index (χ2v) is 4.71. The summed E-state index contributed by atoms with van der Waals surface area (Å²) >= 11 is 0. The molecule has 1 aliphatic rings. The highest BCUT2D eigenvalue weighted by Crippen LogP contribution is 2.45. The van der Waals surface area contributed by atoms with Crippen molar-refractivity contribution in [3.63, 3.8) is 0 Å². The van der Waals surface area contributed by atoms with E-state index in [-0.39, 0.29) is 11.8 Å². The zero-order valence-electron chi connectivity index (χ0n) is 11.1. The predicted molar refractivity (Wildman–Crippen MR) is 64.0 cm³/mol. The topological polar surface area (TPSA) is 9.23 Å². The van der Waals surface area contributed by atoms with E-state index in [0.717, 1.165) is 32.8 Å². The van der Waals surface area contributed by atoms with E-state index in [1.165, 1.54) is 6.42 Å². The van der Waals surface area contributed by atoms with Crippen LogP contribution in [0.4, 0.5) is 8.78 Å². The van der Waals surface area contributed by atoms with E-state index in [9.17, 15) is 8.78 Å². The third-order valence-corrected chi connectivity index (χ3v) is 3.19. The molecule has 0 unspecified atom stereocenters. The molecule has 0 N–H and O–H groups in total. The van der Waals surface area contributed by atoms with E-state index >= 15 is 0 Å². The lowest BCUT2D eigenvalue weighted by atomic mass is 9.66. The summed E-state index contributed by atoms with van der Waals surface area (Å²) in [5, 5.41) is 0. The van der Waals surface area contributed by atoms with Crippen LogP contribution in [-0.2, 0) is 4.74 Å². The standard InChI is InChI=1S/C11H20F2O.C2H6/c1-10(12,13)5-3-6-11(9-14-2)7-4-8-11;1-2/h3-9H2,1-2H3;1-2H3. The van der Waals surface area contributed by atoms with Crippen molar-refractivity contribution in [3.8, 4) is 0 Å². The zero-order valence-corrected chi connectivity index (χ0v) is 11.1. The molecule has 0 heterocycles. The van der Waals surface area contributed by atoms with E-state index in [0.29, 0.717) is 6.42 Å². The van der Waals surface area contributed by atoms with E-state index in [1.807, 2.05) is 13.8 Å². The summed E-state index contributed by atoms with van der Waals surface area (Å²) in [5.41, 5.74) is 0.236. The summed E-state index contributed by atoms with van der Waals surface area (Å²) in [4.78, 5) is 0. The van der Waals surface area contributed by atoms with Gasteiger partial charge in [-0.05, 0) is 38.0 Å². The predicted octanol–water partition coefficient (Wildman–Crippen LogP) is 4.65. The Morgan fingerprint density at radius 1 is 1.25 bits per heavy atom. The molecule has 3 heteroatoms. The minimum Gasteiger partial charge on any atom is -0.384 e. The highest BCUT2D eigenvalue weighted by molar-refractivity contribution is 4.87. The number of rotatable bonds is 6. The van der Waals surface area contributed by atoms with Gasteiger partial charge in [0.05, 0.1) is 6.61 Å². The molecule has 16 heavy (non-hydrogen) atoms. The third-order valence-electron chi connectivity index (χ3n) is 3.19. The first-order valence-electron chi connectivity index (χ1n) is 6.34. The highest BCUT2D eigenvalue weighted by Gasteiger charge is 2.37. The maximum absolute atomic E-state index is 12.6. The Labute approximate surface area is 98.6 Å². The van der Waals surface area contributed by atoms with Crippen LogP contribution < -0.4 is 0 Å². The van der Waals surface area contributed by atoms with Crippen LogP contribution in [0.5, 0.6) is 0 Å². The van der Waals surface area contributed by atoms with Gasteiger partial charge in [0, 0.05) is 13.5 Å². The number of methoxy groups -OCH3 is 1. The van der Waals surface area contributed by atoms with Crippen molar-refractivity contribution in [1.29, 1.82) is 0 Å². The zero-order chi connectivity index (χ0) is 12.7. The third kappa shape index (κ3) is 5.78. The van der Waals surface area contributed by atoms with Crippen molar-refractivity contribution in [2.45, 2.75) is 65.2 Å². The van der Waals surface area contributed by atoms with Crippen LogP contribution in [0.15, 0.2) is 0 Å². The molecule has 0 bridgehead atoms. The Morgan fingerprint density at radius 2 is 1.81 bits per heavy atom. The first-order valence-corrected chi connectivity index (χ1v) is 6.34. The number of hydrogen-bond acceptors (Lipinski definition) is 1. The Balaban J connectivity index is 0.00000106. The Hall–Kier alpha value is -0.180. The van der Waals surface area contributed by atoms with Crippen LogP contribution in [0.3, 0.4) is 0 Å². The minimum absolute atomic E-state index is 0.0124. The molecule has 0 saturated heterocycles. The van der Waals surface area contributed by atoms with E-state index < -0.39 is 5.92 Å². The fourth-order valence-electron chi connectivity index (χ4n) is 2.22. The normalized spacial score (nSPS) is 18.4. The lowest BCUT2D eigenvalue weighted by Gasteiger charge is -2.41. The number of alkyl halides is 2. The van der Waals surface area contributed by atoms with Gasteiger partial charge in [0.25, 0.3) is 0 Å². The molecule has 0 aromatic heterocycles. The fraction of sp³-hybridized carbons (Fsp3) is 1.00. The number of halogens is 2. The minimum atomic E-state index is -2.50. The smallest absolute Gasteiger partial charge is 0.245 e. The molecule has 1 nitrogen and oxygen atoms in total. The lowest BCUT2D eigenvalue weighted by Crippen LogP contribution is -2.34. The van der Waals surface area contributed by atoms with E-state index in [4.69, 9.17) is 4.74 Å². The second kappa shape index (κ2) is 7.21. The van der Waals surface area contributed by atoms with Crippen LogP contribution in [-0.4, -0.2) is 19.6 Å². The summed E-state index contributed by atoms with van der Waals surface area (Å²) in [6, 6.07) is 0. The summed E-state index contributed by atoms with van der Waals surface area (Å²) in [6.45, 7) is 5.74. The Kier molecular flexibility index (Phi) is 7.12. The number of hydrogen-bond donors (Lipinski definition) is 0. The van der Waals surface area contributed by atoms with Crippen LogP contribution in [0, 0.1) is 5.41 Å². The summed E-state index contributed by atoms with van der Waals surface area (Å²) in [5.74, 6) is -2.50. The van der Waals surface area contributed by atoms with Crippen molar-refractivity contribution in [3.05, 3.63) is 0 Å². The molecule has 1 rings (SSSR count). The van der Waals surface area contributed by atoms with Gasteiger partial charge in [0.2, 0.25) is 5.92 Å². The average Bonchev–Trinajstić information content (AvgIpc) is 2.15. The van der Waals surface area contributed by atoms with Gasteiger partial charge >= 0.3 is 0 Å². The molecule has 0 amide bonds. The van der Waals surface area contributed by atoms with Gasteiger partial charge in [0.1, 0.15) is 0 Å². The first-order chi connectivity index (χ1) is 7.47. The quantitative estimate of drug-likeness (QED) is 0.652. The maximum Gasteiger partial charge on any atom is 0.245 e. The average molecular weight is 236 g/mol. The SMILES string of the molecule is CC.COCC1(CCCC(C)(F)F)CCC1. The molecule has 0 atom stereocenters. The second-order valence-electron chi connectivity index (χ2n) is 4.71. The lowest BCUT2D eigenvalue weighted by molar-refractivity contribution is -0.0153. The van der Waals surface area contributed by atoms with Gasteiger partial charge in [-0.15, -0.1) is 0 Å². The molecule has 0 radical (unpaired) electrons. The monoisotopic (exact) mass is 236 g/mol. The highest BCUT2D eigenvalue weighted by atomic mass is 19.3. The van der Waals surface area contributed by atoms with E-state index in [1.54, 1.807) is 7.11 Å². The fourth-order valence-corrected chi connectivity index (χ4v) is 2.22. The largest absolute Gasteiger partial charge is 0.384 e. The van der Waals surface area contributed by atoms with Gasteiger partial charge in [-0.3, -0.25) is 0 Å². The molecule has 0 spiro atoms. The van der Waals surface area contributed by atoms with E-state index in [2.05, 4.69) is 0 Å².